The Hall–Kier alpha value is -2.34. The zero-order valence-corrected chi connectivity index (χ0v) is 13.6. The molecule has 23 heavy (non-hydrogen) atoms. The minimum Gasteiger partial charge on any atom is -0.497 e. The fourth-order valence-electron chi connectivity index (χ4n) is 2.61. The van der Waals surface area contributed by atoms with Gasteiger partial charge in [0.2, 0.25) is 0 Å². The Morgan fingerprint density at radius 3 is 2.91 bits per heavy atom. The number of hydrogen-bond acceptors (Lipinski definition) is 4. The topological polar surface area (TPSA) is 69.1 Å². The molecular weight excluding hydrogens is 294 g/mol. The summed E-state index contributed by atoms with van der Waals surface area (Å²) >= 11 is 0. The molecule has 6 heteroatoms. The summed E-state index contributed by atoms with van der Waals surface area (Å²) in [6, 6.07) is 5.66. The maximum Gasteiger partial charge on any atom is 0.277 e. The van der Waals surface area contributed by atoms with Gasteiger partial charge in [-0.3, -0.25) is 9.36 Å². The smallest absolute Gasteiger partial charge is 0.277 e. The zero-order chi connectivity index (χ0) is 16.4. The monoisotopic (exact) mass is 315 g/mol. The van der Waals surface area contributed by atoms with E-state index in [4.69, 9.17) is 9.47 Å². The van der Waals surface area contributed by atoms with Gasteiger partial charge in [0.15, 0.2) is 0 Å². The summed E-state index contributed by atoms with van der Waals surface area (Å²) in [7, 11) is 1.62. The molecule has 0 bridgehead atoms. The lowest BCUT2D eigenvalue weighted by atomic mass is 10.2. The van der Waals surface area contributed by atoms with Crippen LogP contribution >= 0.6 is 0 Å². The molecule has 0 amide bonds. The molecule has 0 unspecified atom stereocenters. The van der Waals surface area contributed by atoms with Crippen LogP contribution in [0.4, 0.5) is 0 Å². The molecular formula is C17H21N3O3. The van der Waals surface area contributed by atoms with Crippen LogP contribution in [0, 0.1) is 0 Å². The SMILES string of the molecule is COc1ccc2c(c1)[nH]c1c(=O)n(CCCOC(C)C)cnc12. The highest BCUT2D eigenvalue weighted by Crippen LogP contribution is 2.25. The van der Waals surface area contributed by atoms with Crippen molar-refractivity contribution in [2.24, 2.45) is 0 Å². The number of methoxy groups -OCH3 is 1. The van der Waals surface area contributed by atoms with Crippen molar-refractivity contribution < 1.29 is 9.47 Å². The van der Waals surface area contributed by atoms with Crippen LogP contribution in [0.15, 0.2) is 29.3 Å². The fraction of sp³-hybridized carbons (Fsp3) is 0.412. The maximum atomic E-state index is 12.6. The lowest BCUT2D eigenvalue weighted by molar-refractivity contribution is 0.0747. The van der Waals surface area contributed by atoms with Crippen molar-refractivity contribution in [2.75, 3.05) is 13.7 Å². The second-order valence-electron chi connectivity index (χ2n) is 5.78. The van der Waals surface area contributed by atoms with Gasteiger partial charge in [-0.15, -0.1) is 0 Å². The van der Waals surface area contributed by atoms with Gasteiger partial charge in [-0.05, 0) is 32.4 Å². The number of aromatic nitrogens is 3. The van der Waals surface area contributed by atoms with Crippen molar-refractivity contribution in [3.63, 3.8) is 0 Å². The average Bonchev–Trinajstić information content (AvgIpc) is 2.91. The first-order valence-electron chi connectivity index (χ1n) is 7.76. The molecule has 122 valence electrons. The van der Waals surface area contributed by atoms with Gasteiger partial charge in [0.25, 0.3) is 5.56 Å². The van der Waals surface area contributed by atoms with Crippen LogP contribution in [0.25, 0.3) is 21.9 Å². The van der Waals surface area contributed by atoms with Gasteiger partial charge < -0.3 is 14.5 Å². The molecule has 2 aromatic heterocycles. The summed E-state index contributed by atoms with van der Waals surface area (Å²) in [5, 5.41) is 0.924. The molecule has 0 spiro atoms. The molecule has 1 N–H and O–H groups in total. The second-order valence-corrected chi connectivity index (χ2v) is 5.78. The van der Waals surface area contributed by atoms with E-state index in [0.717, 1.165) is 23.1 Å². The lowest BCUT2D eigenvalue weighted by Gasteiger charge is -2.08. The number of ether oxygens (including phenoxy) is 2. The molecule has 0 fully saturated rings. The molecule has 0 saturated carbocycles. The Kier molecular flexibility index (Phi) is 4.34. The second kappa shape index (κ2) is 6.42. The van der Waals surface area contributed by atoms with Crippen LogP contribution in [-0.4, -0.2) is 34.4 Å². The van der Waals surface area contributed by atoms with Gasteiger partial charge in [0.1, 0.15) is 16.8 Å². The van der Waals surface area contributed by atoms with Crippen molar-refractivity contribution in [3.8, 4) is 5.75 Å². The van der Waals surface area contributed by atoms with Crippen molar-refractivity contribution in [3.05, 3.63) is 34.9 Å². The largest absolute Gasteiger partial charge is 0.497 e. The average molecular weight is 315 g/mol. The molecule has 0 saturated heterocycles. The number of H-pyrrole nitrogens is 1. The van der Waals surface area contributed by atoms with E-state index in [9.17, 15) is 4.79 Å². The Morgan fingerprint density at radius 2 is 2.17 bits per heavy atom. The molecule has 3 aromatic rings. The van der Waals surface area contributed by atoms with Gasteiger partial charge in [-0.25, -0.2) is 4.98 Å². The number of benzene rings is 1. The Balaban J connectivity index is 1.92. The zero-order valence-electron chi connectivity index (χ0n) is 13.6. The van der Waals surface area contributed by atoms with E-state index in [-0.39, 0.29) is 11.7 Å². The van der Waals surface area contributed by atoms with Crippen LogP contribution in [-0.2, 0) is 11.3 Å². The first-order chi connectivity index (χ1) is 11.1. The highest BCUT2D eigenvalue weighted by molar-refractivity contribution is 6.04. The summed E-state index contributed by atoms with van der Waals surface area (Å²) in [5.74, 6) is 0.746. The third-order valence-electron chi connectivity index (χ3n) is 3.77. The number of aromatic amines is 1. The van der Waals surface area contributed by atoms with E-state index in [1.807, 2.05) is 32.0 Å². The number of hydrogen-bond donors (Lipinski definition) is 1. The molecule has 1 aromatic carbocycles. The molecule has 0 radical (unpaired) electrons. The van der Waals surface area contributed by atoms with Crippen molar-refractivity contribution in [1.29, 1.82) is 0 Å². The summed E-state index contributed by atoms with van der Waals surface area (Å²) in [5.41, 5.74) is 2.02. The van der Waals surface area contributed by atoms with E-state index in [0.29, 0.717) is 24.2 Å². The van der Waals surface area contributed by atoms with Crippen LogP contribution < -0.4 is 10.3 Å². The number of nitrogens with zero attached hydrogens (tertiary/aromatic N) is 2. The van der Waals surface area contributed by atoms with Gasteiger partial charge in [-0.1, -0.05) is 0 Å². The quantitative estimate of drug-likeness (QED) is 0.710. The molecule has 0 aliphatic rings. The van der Waals surface area contributed by atoms with E-state index in [1.54, 1.807) is 18.0 Å². The van der Waals surface area contributed by atoms with Gasteiger partial charge in [-0.2, -0.15) is 0 Å². The van der Waals surface area contributed by atoms with E-state index in [2.05, 4.69) is 9.97 Å². The molecule has 2 heterocycles. The summed E-state index contributed by atoms with van der Waals surface area (Å²) in [4.78, 5) is 20.2. The first kappa shape index (κ1) is 15.6. The van der Waals surface area contributed by atoms with Crippen molar-refractivity contribution in [2.45, 2.75) is 32.9 Å². The number of aryl methyl sites for hydroxylation is 1. The number of fused-ring (bicyclic) bond motifs is 3. The predicted molar refractivity (Wildman–Crippen MR) is 90.1 cm³/mol. The van der Waals surface area contributed by atoms with Gasteiger partial charge in [0, 0.05) is 24.6 Å². The Bertz CT molecular complexity index is 880. The molecule has 0 aliphatic heterocycles. The van der Waals surface area contributed by atoms with Crippen LogP contribution in [0.3, 0.4) is 0 Å². The van der Waals surface area contributed by atoms with Crippen molar-refractivity contribution >= 4 is 21.9 Å². The Morgan fingerprint density at radius 1 is 1.35 bits per heavy atom. The minimum atomic E-state index is -0.0605. The first-order valence-corrected chi connectivity index (χ1v) is 7.76. The third kappa shape index (κ3) is 3.07. The Labute approximate surface area is 134 Å². The molecule has 6 nitrogen and oxygen atoms in total. The van der Waals surface area contributed by atoms with E-state index in [1.165, 1.54) is 0 Å². The molecule has 3 rings (SSSR count). The molecule has 0 aliphatic carbocycles. The van der Waals surface area contributed by atoms with Crippen LogP contribution in [0.5, 0.6) is 5.75 Å². The minimum absolute atomic E-state index is 0.0605. The summed E-state index contributed by atoms with van der Waals surface area (Å²) < 4.78 is 12.3. The van der Waals surface area contributed by atoms with Gasteiger partial charge in [0.05, 0.1) is 25.1 Å². The van der Waals surface area contributed by atoms with Crippen LogP contribution in [0.2, 0.25) is 0 Å². The molecule has 0 atom stereocenters. The van der Waals surface area contributed by atoms with Crippen molar-refractivity contribution in [1.82, 2.24) is 14.5 Å². The number of nitrogens with one attached hydrogen (secondary N) is 1. The fourth-order valence-corrected chi connectivity index (χ4v) is 2.61. The lowest BCUT2D eigenvalue weighted by Crippen LogP contribution is -2.21. The van der Waals surface area contributed by atoms with E-state index < -0.39 is 0 Å². The highest BCUT2D eigenvalue weighted by atomic mass is 16.5. The standard InChI is InChI=1S/C17H21N3O3/c1-11(2)23-8-4-7-20-10-18-15-13-6-5-12(22-3)9-14(13)19-16(15)17(20)21/h5-6,9-11,19H,4,7-8H2,1-3H3. The maximum absolute atomic E-state index is 12.6. The van der Waals surface area contributed by atoms with Crippen LogP contribution in [0.1, 0.15) is 20.3 Å². The third-order valence-corrected chi connectivity index (χ3v) is 3.77. The van der Waals surface area contributed by atoms with Gasteiger partial charge >= 0.3 is 0 Å². The normalized spacial score (nSPS) is 11.7. The summed E-state index contributed by atoms with van der Waals surface area (Å²) in [6.45, 7) is 5.22. The predicted octanol–water partition coefficient (Wildman–Crippen LogP) is 2.70. The number of rotatable bonds is 6. The summed E-state index contributed by atoms with van der Waals surface area (Å²) in [6.07, 6.45) is 2.59. The highest BCUT2D eigenvalue weighted by Gasteiger charge is 2.11. The van der Waals surface area contributed by atoms with E-state index >= 15 is 0 Å².